The Kier molecular flexibility index (Phi) is 5.49. The van der Waals surface area contributed by atoms with E-state index in [4.69, 9.17) is 5.73 Å². The lowest BCUT2D eigenvalue weighted by Crippen LogP contribution is -2.48. The molecular formula is C16H21N3O2S. The van der Waals surface area contributed by atoms with Crippen LogP contribution in [0, 0.1) is 0 Å². The normalized spacial score (nSPS) is 19.4. The Morgan fingerprint density at radius 2 is 2.27 bits per heavy atom. The molecule has 0 aliphatic carbocycles. The molecule has 22 heavy (non-hydrogen) atoms. The Morgan fingerprint density at radius 3 is 2.95 bits per heavy atom. The number of amides is 1. The number of carbonyl (C=O) groups excluding carboxylic acids is 2. The van der Waals surface area contributed by atoms with E-state index in [0.29, 0.717) is 17.8 Å². The molecule has 1 saturated heterocycles. The van der Waals surface area contributed by atoms with Crippen LogP contribution in [0.2, 0.25) is 0 Å². The van der Waals surface area contributed by atoms with Crippen molar-refractivity contribution < 1.29 is 9.59 Å². The van der Waals surface area contributed by atoms with Crippen LogP contribution in [0.4, 0.5) is 5.69 Å². The SMILES string of the molecule is C/C(N)=C(/S)C(=O)NC1CCCN(c2cccc(C=O)c2)C1. The molecule has 1 fully saturated rings. The number of benzene rings is 1. The summed E-state index contributed by atoms with van der Waals surface area (Å²) in [5.41, 5.74) is 7.66. The van der Waals surface area contributed by atoms with Crippen molar-refractivity contribution in [2.75, 3.05) is 18.0 Å². The fraction of sp³-hybridized carbons (Fsp3) is 0.375. The molecule has 1 aromatic carbocycles. The van der Waals surface area contributed by atoms with Gasteiger partial charge in [0.15, 0.2) is 0 Å². The molecule has 1 aliphatic heterocycles. The maximum atomic E-state index is 12.0. The zero-order valence-corrected chi connectivity index (χ0v) is 13.5. The number of allylic oxidation sites excluding steroid dienone is 1. The molecule has 1 aliphatic rings. The Labute approximate surface area is 136 Å². The lowest BCUT2D eigenvalue weighted by Gasteiger charge is -2.35. The van der Waals surface area contributed by atoms with Crippen molar-refractivity contribution in [3.8, 4) is 0 Å². The number of nitrogens with one attached hydrogen (secondary N) is 1. The van der Waals surface area contributed by atoms with Crippen LogP contribution in [-0.4, -0.2) is 31.3 Å². The van der Waals surface area contributed by atoms with Crippen LogP contribution in [0.15, 0.2) is 34.9 Å². The molecule has 1 heterocycles. The summed E-state index contributed by atoms with van der Waals surface area (Å²) in [6.45, 7) is 3.27. The van der Waals surface area contributed by atoms with Gasteiger partial charge in [0.2, 0.25) is 0 Å². The van der Waals surface area contributed by atoms with Gasteiger partial charge in [-0.25, -0.2) is 0 Å². The summed E-state index contributed by atoms with van der Waals surface area (Å²) in [5.74, 6) is -0.239. The van der Waals surface area contributed by atoms with E-state index in [1.54, 1.807) is 13.0 Å². The number of anilines is 1. The molecule has 0 bridgehead atoms. The second kappa shape index (κ2) is 7.35. The first kappa shape index (κ1) is 16.4. The Bertz CT molecular complexity index is 597. The van der Waals surface area contributed by atoms with Gasteiger partial charge < -0.3 is 16.0 Å². The number of nitrogens with zero attached hydrogens (tertiary/aromatic N) is 1. The van der Waals surface area contributed by atoms with Gasteiger partial charge in [-0.3, -0.25) is 9.59 Å². The van der Waals surface area contributed by atoms with Gasteiger partial charge in [0.1, 0.15) is 6.29 Å². The molecule has 0 radical (unpaired) electrons. The minimum atomic E-state index is -0.239. The van der Waals surface area contributed by atoms with Gasteiger partial charge in [-0.2, -0.15) is 0 Å². The van der Waals surface area contributed by atoms with Crippen molar-refractivity contribution in [1.82, 2.24) is 5.32 Å². The summed E-state index contributed by atoms with van der Waals surface area (Å²) in [6.07, 6.45) is 2.73. The molecule has 0 spiro atoms. The predicted octanol–water partition coefficient (Wildman–Crippen LogP) is 1.70. The van der Waals surface area contributed by atoms with Crippen LogP contribution >= 0.6 is 12.6 Å². The second-order valence-electron chi connectivity index (χ2n) is 5.50. The quantitative estimate of drug-likeness (QED) is 0.449. The third kappa shape index (κ3) is 4.04. The van der Waals surface area contributed by atoms with Crippen LogP contribution in [0.5, 0.6) is 0 Å². The Morgan fingerprint density at radius 1 is 1.50 bits per heavy atom. The van der Waals surface area contributed by atoms with Gasteiger partial charge in [0.05, 0.1) is 4.91 Å². The zero-order chi connectivity index (χ0) is 16.1. The van der Waals surface area contributed by atoms with Gasteiger partial charge in [0.25, 0.3) is 5.91 Å². The van der Waals surface area contributed by atoms with E-state index in [-0.39, 0.29) is 16.9 Å². The number of nitrogens with two attached hydrogens (primary N) is 1. The lowest BCUT2D eigenvalue weighted by atomic mass is 10.0. The number of rotatable bonds is 4. The molecule has 5 nitrogen and oxygen atoms in total. The molecular weight excluding hydrogens is 298 g/mol. The van der Waals surface area contributed by atoms with Crippen LogP contribution < -0.4 is 16.0 Å². The minimum absolute atomic E-state index is 0.0441. The number of piperidine rings is 1. The maximum absolute atomic E-state index is 12.0. The van der Waals surface area contributed by atoms with Crippen molar-refractivity contribution in [3.05, 3.63) is 40.4 Å². The van der Waals surface area contributed by atoms with Crippen LogP contribution in [0.3, 0.4) is 0 Å². The monoisotopic (exact) mass is 319 g/mol. The summed E-state index contributed by atoms with van der Waals surface area (Å²) in [7, 11) is 0. The third-order valence-electron chi connectivity index (χ3n) is 3.72. The Balaban J connectivity index is 2.04. The highest BCUT2D eigenvalue weighted by Crippen LogP contribution is 2.21. The molecule has 1 atom stereocenters. The fourth-order valence-electron chi connectivity index (χ4n) is 2.56. The van der Waals surface area contributed by atoms with E-state index >= 15 is 0 Å². The molecule has 3 N–H and O–H groups in total. The Hall–Kier alpha value is -1.95. The summed E-state index contributed by atoms with van der Waals surface area (Å²) in [5, 5.41) is 2.96. The van der Waals surface area contributed by atoms with E-state index in [9.17, 15) is 9.59 Å². The number of hydrogen-bond donors (Lipinski definition) is 3. The van der Waals surface area contributed by atoms with Crippen molar-refractivity contribution in [3.63, 3.8) is 0 Å². The zero-order valence-electron chi connectivity index (χ0n) is 12.6. The van der Waals surface area contributed by atoms with E-state index < -0.39 is 0 Å². The standard InChI is InChI=1S/C16H21N3O2S/c1-11(17)15(22)16(21)18-13-5-3-7-19(9-13)14-6-2-4-12(8-14)10-20/h2,4,6,8,10,13,22H,3,5,7,9,17H2,1H3,(H,18,21)/b15-11-. The highest BCUT2D eigenvalue weighted by Gasteiger charge is 2.22. The first-order valence-corrected chi connectivity index (χ1v) is 7.72. The molecule has 0 saturated carbocycles. The van der Waals surface area contributed by atoms with Gasteiger partial charge in [0, 0.05) is 36.1 Å². The van der Waals surface area contributed by atoms with Crippen molar-refractivity contribution in [2.45, 2.75) is 25.8 Å². The van der Waals surface area contributed by atoms with Crippen molar-refractivity contribution in [2.24, 2.45) is 5.73 Å². The summed E-state index contributed by atoms with van der Waals surface area (Å²) < 4.78 is 0. The van der Waals surface area contributed by atoms with Crippen LogP contribution in [-0.2, 0) is 4.79 Å². The first-order valence-electron chi connectivity index (χ1n) is 7.27. The lowest BCUT2D eigenvalue weighted by molar-refractivity contribution is -0.117. The number of carbonyl (C=O) groups is 2. The average Bonchev–Trinajstić information content (AvgIpc) is 2.54. The second-order valence-corrected chi connectivity index (χ2v) is 5.95. The molecule has 6 heteroatoms. The first-order chi connectivity index (χ1) is 10.5. The van der Waals surface area contributed by atoms with Crippen molar-refractivity contribution in [1.29, 1.82) is 0 Å². The van der Waals surface area contributed by atoms with Gasteiger partial charge in [-0.1, -0.05) is 12.1 Å². The van der Waals surface area contributed by atoms with Gasteiger partial charge >= 0.3 is 0 Å². The average molecular weight is 319 g/mol. The molecule has 2 rings (SSSR count). The fourth-order valence-corrected chi connectivity index (χ4v) is 2.62. The number of aldehydes is 1. The van der Waals surface area contributed by atoms with Gasteiger partial charge in [-0.15, -0.1) is 12.6 Å². The van der Waals surface area contributed by atoms with E-state index in [1.165, 1.54) is 0 Å². The van der Waals surface area contributed by atoms with Crippen molar-refractivity contribution >= 4 is 30.5 Å². The van der Waals surface area contributed by atoms with Crippen LogP contribution in [0.1, 0.15) is 30.1 Å². The van der Waals surface area contributed by atoms with E-state index in [1.807, 2.05) is 18.2 Å². The minimum Gasteiger partial charge on any atom is -0.401 e. The largest absolute Gasteiger partial charge is 0.401 e. The topological polar surface area (TPSA) is 75.4 Å². The molecule has 1 unspecified atom stereocenters. The van der Waals surface area contributed by atoms with Crippen LogP contribution in [0.25, 0.3) is 0 Å². The molecule has 1 aromatic rings. The summed E-state index contributed by atoms with van der Waals surface area (Å²) >= 11 is 4.13. The van der Waals surface area contributed by atoms with E-state index in [0.717, 1.165) is 31.4 Å². The smallest absolute Gasteiger partial charge is 0.259 e. The van der Waals surface area contributed by atoms with E-state index in [2.05, 4.69) is 22.8 Å². The maximum Gasteiger partial charge on any atom is 0.259 e. The van der Waals surface area contributed by atoms with Gasteiger partial charge in [-0.05, 0) is 31.9 Å². The number of thiol groups is 1. The highest BCUT2D eigenvalue weighted by atomic mass is 32.1. The highest BCUT2D eigenvalue weighted by molar-refractivity contribution is 7.85. The molecule has 0 aromatic heterocycles. The number of hydrogen-bond acceptors (Lipinski definition) is 5. The third-order valence-corrected chi connectivity index (χ3v) is 4.27. The predicted molar refractivity (Wildman–Crippen MR) is 91.1 cm³/mol. The molecule has 118 valence electrons. The summed E-state index contributed by atoms with van der Waals surface area (Å²) in [4.78, 5) is 25.3. The molecule has 1 amide bonds. The summed E-state index contributed by atoms with van der Waals surface area (Å²) in [6, 6.07) is 7.54.